The SMILES string of the molecule is CCC1CCc2[nH]c(C3CNCCO3)nc21. The van der Waals surface area contributed by atoms with Crippen LogP contribution >= 0.6 is 0 Å². The Morgan fingerprint density at radius 2 is 2.44 bits per heavy atom. The number of aryl methyl sites for hydroxylation is 1. The summed E-state index contributed by atoms with van der Waals surface area (Å²) in [5.41, 5.74) is 2.64. The maximum Gasteiger partial charge on any atom is 0.137 e. The van der Waals surface area contributed by atoms with Crippen LogP contribution in [0.25, 0.3) is 0 Å². The van der Waals surface area contributed by atoms with E-state index < -0.39 is 0 Å². The first kappa shape index (κ1) is 10.3. The van der Waals surface area contributed by atoms with Crippen LogP contribution in [0.5, 0.6) is 0 Å². The zero-order chi connectivity index (χ0) is 11.0. The smallest absolute Gasteiger partial charge is 0.137 e. The molecule has 0 amide bonds. The zero-order valence-corrected chi connectivity index (χ0v) is 9.75. The second-order valence-corrected chi connectivity index (χ2v) is 4.69. The van der Waals surface area contributed by atoms with Gasteiger partial charge in [-0.3, -0.25) is 0 Å². The van der Waals surface area contributed by atoms with E-state index in [0.29, 0.717) is 5.92 Å². The van der Waals surface area contributed by atoms with Crippen LogP contribution in [0.3, 0.4) is 0 Å². The maximum atomic E-state index is 5.71. The number of rotatable bonds is 2. The van der Waals surface area contributed by atoms with Gasteiger partial charge in [0.15, 0.2) is 0 Å². The average molecular weight is 221 g/mol. The van der Waals surface area contributed by atoms with Gasteiger partial charge in [-0.15, -0.1) is 0 Å². The Morgan fingerprint density at radius 3 is 3.19 bits per heavy atom. The summed E-state index contributed by atoms with van der Waals surface area (Å²) in [5.74, 6) is 1.69. The first-order chi connectivity index (χ1) is 7.88. The van der Waals surface area contributed by atoms with Crippen LogP contribution in [0, 0.1) is 0 Å². The van der Waals surface area contributed by atoms with Crippen molar-refractivity contribution in [2.45, 2.75) is 38.2 Å². The normalized spacial score (nSPS) is 29.3. The number of ether oxygens (including phenoxy) is 1. The fourth-order valence-electron chi connectivity index (χ4n) is 2.72. The zero-order valence-electron chi connectivity index (χ0n) is 9.75. The highest BCUT2D eigenvalue weighted by Gasteiger charge is 2.28. The van der Waals surface area contributed by atoms with Gasteiger partial charge in [-0.05, 0) is 19.3 Å². The lowest BCUT2D eigenvalue weighted by Crippen LogP contribution is -2.33. The molecule has 0 radical (unpaired) electrons. The van der Waals surface area contributed by atoms with E-state index in [0.717, 1.165) is 31.9 Å². The van der Waals surface area contributed by atoms with Crippen molar-refractivity contribution in [3.05, 3.63) is 17.2 Å². The Morgan fingerprint density at radius 1 is 1.50 bits per heavy atom. The van der Waals surface area contributed by atoms with E-state index in [9.17, 15) is 0 Å². The highest BCUT2D eigenvalue weighted by molar-refractivity contribution is 5.25. The van der Waals surface area contributed by atoms with Crippen LogP contribution in [0.15, 0.2) is 0 Å². The maximum absolute atomic E-state index is 5.71. The van der Waals surface area contributed by atoms with Crippen molar-refractivity contribution in [3.63, 3.8) is 0 Å². The van der Waals surface area contributed by atoms with Gasteiger partial charge in [0, 0.05) is 24.7 Å². The number of morpholine rings is 1. The molecular weight excluding hydrogens is 202 g/mol. The molecule has 1 aliphatic heterocycles. The molecule has 2 atom stereocenters. The van der Waals surface area contributed by atoms with Gasteiger partial charge in [0.1, 0.15) is 11.9 Å². The van der Waals surface area contributed by atoms with Gasteiger partial charge in [0.2, 0.25) is 0 Å². The number of hydrogen-bond donors (Lipinski definition) is 2. The monoisotopic (exact) mass is 221 g/mol. The van der Waals surface area contributed by atoms with Gasteiger partial charge in [-0.1, -0.05) is 6.92 Å². The highest BCUT2D eigenvalue weighted by atomic mass is 16.5. The minimum absolute atomic E-state index is 0.122. The molecule has 16 heavy (non-hydrogen) atoms. The van der Waals surface area contributed by atoms with Crippen LogP contribution < -0.4 is 5.32 Å². The van der Waals surface area contributed by atoms with E-state index in [1.165, 1.54) is 24.2 Å². The van der Waals surface area contributed by atoms with Gasteiger partial charge >= 0.3 is 0 Å². The number of aromatic amines is 1. The second kappa shape index (κ2) is 4.18. The van der Waals surface area contributed by atoms with E-state index in [4.69, 9.17) is 9.72 Å². The second-order valence-electron chi connectivity index (χ2n) is 4.69. The molecule has 4 nitrogen and oxygen atoms in total. The number of nitrogens with zero attached hydrogens (tertiary/aromatic N) is 1. The predicted molar refractivity (Wildman–Crippen MR) is 61.5 cm³/mol. The quantitative estimate of drug-likeness (QED) is 0.796. The summed E-state index contributed by atoms with van der Waals surface area (Å²) in [5, 5.41) is 3.34. The van der Waals surface area contributed by atoms with Crippen LogP contribution in [0.1, 0.15) is 49.0 Å². The average Bonchev–Trinajstić information content (AvgIpc) is 2.89. The minimum Gasteiger partial charge on any atom is -0.368 e. The fraction of sp³-hybridized carbons (Fsp3) is 0.750. The standard InChI is InChI=1S/C12H19N3O/c1-2-8-3-4-9-11(8)15-12(14-9)10-7-13-5-6-16-10/h8,10,13H,2-7H2,1H3,(H,14,15). The van der Waals surface area contributed by atoms with Gasteiger partial charge in [-0.25, -0.2) is 4.98 Å². The molecule has 0 aromatic carbocycles. The first-order valence-electron chi connectivity index (χ1n) is 6.29. The molecular formula is C12H19N3O. The van der Waals surface area contributed by atoms with E-state index in [1.807, 2.05) is 0 Å². The third-order valence-corrected chi connectivity index (χ3v) is 3.68. The van der Waals surface area contributed by atoms with Crippen molar-refractivity contribution in [3.8, 4) is 0 Å². The number of aromatic nitrogens is 2. The van der Waals surface area contributed by atoms with Crippen molar-refractivity contribution in [2.24, 2.45) is 0 Å². The van der Waals surface area contributed by atoms with E-state index >= 15 is 0 Å². The van der Waals surface area contributed by atoms with Gasteiger partial charge < -0.3 is 15.0 Å². The summed E-state index contributed by atoms with van der Waals surface area (Å²) >= 11 is 0. The van der Waals surface area contributed by atoms with E-state index in [2.05, 4.69) is 17.2 Å². The molecule has 0 spiro atoms. The van der Waals surface area contributed by atoms with Gasteiger partial charge in [0.05, 0.1) is 12.3 Å². The molecule has 2 N–H and O–H groups in total. The van der Waals surface area contributed by atoms with Gasteiger partial charge in [0.25, 0.3) is 0 Å². The number of nitrogens with one attached hydrogen (secondary N) is 2. The molecule has 2 heterocycles. The molecule has 0 saturated carbocycles. The molecule has 1 saturated heterocycles. The van der Waals surface area contributed by atoms with Crippen LogP contribution in [-0.4, -0.2) is 29.7 Å². The summed E-state index contributed by atoms with van der Waals surface area (Å²) in [4.78, 5) is 8.20. The molecule has 0 bridgehead atoms. The molecule has 88 valence electrons. The summed E-state index contributed by atoms with van der Waals surface area (Å²) in [7, 11) is 0. The Labute approximate surface area is 95.8 Å². The molecule has 4 heteroatoms. The first-order valence-corrected chi connectivity index (χ1v) is 6.29. The summed E-state index contributed by atoms with van der Waals surface area (Å²) < 4.78 is 5.71. The van der Waals surface area contributed by atoms with Crippen molar-refractivity contribution >= 4 is 0 Å². The van der Waals surface area contributed by atoms with Crippen molar-refractivity contribution in [1.82, 2.24) is 15.3 Å². The lowest BCUT2D eigenvalue weighted by Gasteiger charge is -2.21. The number of fused-ring (bicyclic) bond motifs is 1. The molecule has 1 aliphatic carbocycles. The third kappa shape index (κ3) is 1.66. The molecule has 2 aliphatic rings. The van der Waals surface area contributed by atoms with Crippen LogP contribution in [0.2, 0.25) is 0 Å². The lowest BCUT2D eigenvalue weighted by atomic mass is 10.1. The van der Waals surface area contributed by atoms with Crippen molar-refractivity contribution < 1.29 is 4.74 Å². The largest absolute Gasteiger partial charge is 0.368 e. The highest BCUT2D eigenvalue weighted by Crippen LogP contribution is 2.34. The fourth-order valence-corrected chi connectivity index (χ4v) is 2.72. The number of H-pyrrole nitrogens is 1. The Kier molecular flexibility index (Phi) is 2.69. The molecule has 2 unspecified atom stereocenters. The third-order valence-electron chi connectivity index (χ3n) is 3.68. The van der Waals surface area contributed by atoms with E-state index in [-0.39, 0.29) is 6.10 Å². The molecule has 1 aromatic rings. The summed E-state index contributed by atoms with van der Waals surface area (Å²) in [6, 6.07) is 0. The molecule has 1 fully saturated rings. The lowest BCUT2D eigenvalue weighted by molar-refractivity contribution is 0.0224. The predicted octanol–water partition coefficient (Wildman–Crippen LogP) is 1.51. The minimum atomic E-state index is 0.122. The Hall–Kier alpha value is -0.870. The van der Waals surface area contributed by atoms with E-state index in [1.54, 1.807) is 0 Å². The summed E-state index contributed by atoms with van der Waals surface area (Å²) in [6.45, 7) is 4.86. The van der Waals surface area contributed by atoms with Crippen molar-refractivity contribution in [1.29, 1.82) is 0 Å². The number of imidazole rings is 1. The van der Waals surface area contributed by atoms with Crippen molar-refractivity contribution in [2.75, 3.05) is 19.7 Å². The number of hydrogen-bond acceptors (Lipinski definition) is 3. The topological polar surface area (TPSA) is 49.9 Å². The molecule has 1 aromatic heterocycles. The summed E-state index contributed by atoms with van der Waals surface area (Å²) in [6.07, 6.45) is 3.73. The molecule has 3 rings (SSSR count). The Bertz CT molecular complexity index is 368. The Balaban J connectivity index is 1.82. The van der Waals surface area contributed by atoms with Gasteiger partial charge in [-0.2, -0.15) is 0 Å². The van der Waals surface area contributed by atoms with Crippen LogP contribution in [-0.2, 0) is 11.2 Å². The van der Waals surface area contributed by atoms with Crippen LogP contribution in [0.4, 0.5) is 0 Å².